The Labute approximate surface area is 70.8 Å². The van der Waals surface area contributed by atoms with Gasteiger partial charge in [-0.3, -0.25) is 9.18 Å². The molecule has 66 valence electrons. The van der Waals surface area contributed by atoms with Crippen LogP contribution in [0.15, 0.2) is 0 Å². The summed E-state index contributed by atoms with van der Waals surface area (Å²) in [5.74, 6) is -0.180. The maximum atomic E-state index is 12.1. The molecule has 0 N–H and O–H groups in total. The smallest absolute Gasteiger partial charge is 0.236 e. The van der Waals surface area contributed by atoms with Gasteiger partial charge in [0.05, 0.1) is 12.7 Å². The van der Waals surface area contributed by atoms with Crippen molar-refractivity contribution in [1.29, 1.82) is 5.26 Å². The summed E-state index contributed by atoms with van der Waals surface area (Å²) in [5.41, 5.74) is 0. The van der Waals surface area contributed by atoms with Crippen LogP contribution >= 0.6 is 0 Å². The predicted molar refractivity (Wildman–Crippen MR) is 40.9 cm³/mol. The molecule has 1 fully saturated rings. The topological polar surface area (TPSA) is 44.1 Å². The maximum absolute atomic E-state index is 12.1. The van der Waals surface area contributed by atoms with Crippen molar-refractivity contribution in [1.82, 2.24) is 4.90 Å². The number of hydrogen-bond donors (Lipinski definition) is 0. The summed E-state index contributed by atoms with van der Waals surface area (Å²) in [5, 5.41) is 8.25. The molecule has 0 aromatic rings. The van der Waals surface area contributed by atoms with Gasteiger partial charge in [0.2, 0.25) is 5.91 Å². The van der Waals surface area contributed by atoms with Crippen LogP contribution in [0.3, 0.4) is 0 Å². The normalized spacial score (nSPS) is 22.3. The molecule has 1 aliphatic heterocycles. The Kier molecular flexibility index (Phi) is 3.03. The molecule has 1 heterocycles. The molecule has 4 heteroatoms. The van der Waals surface area contributed by atoms with E-state index >= 15 is 0 Å². The fourth-order valence-electron chi connectivity index (χ4n) is 1.36. The molecule has 1 aliphatic rings. The maximum Gasteiger partial charge on any atom is 0.236 e. The van der Waals surface area contributed by atoms with Crippen LogP contribution < -0.4 is 0 Å². The van der Waals surface area contributed by atoms with Crippen LogP contribution in [0.4, 0.5) is 4.39 Å². The monoisotopic (exact) mass is 170 g/mol. The fourth-order valence-corrected chi connectivity index (χ4v) is 1.36. The molecular formula is C8H11FN2O. The Morgan fingerprint density at radius 1 is 1.75 bits per heavy atom. The third-order valence-corrected chi connectivity index (χ3v) is 2.09. The molecule has 0 aliphatic carbocycles. The SMILES string of the molecule is N#CCC(=O)N1CC[C@@H](CF)C1. The summed E-state index contributed by atoms with van der Waals surface area (Å²) in [6, 6.07) is 1.79. The second-order valence-corrected chi connectivity index (χ2v) is 2.98. The molecule has 0 aromatic heterocycles. The van der Waals surface area contributed by atoms with E-state index in [1.54, 1.807) is 11.0 Å². The van der Waals surface area contributed by atoms with E-state index in [9.17, 15) is 9.18 Å². The summed E-state index contributed by atoms with van der Waals surface area (Å²) in [7, 11) is 0. The lowest BCUT2D eigenvalue weighted by molar-refractivity contribution is -0.129. The van der Waals surface area contributed by atoms with Crippen LogP contribution in [0.2, 0.25) is 0 Å². The second-order valence-electron chi connectivity index (χ2n) is 2.98. The highest BCUT2D eigenvalue weighted by Gasteiger charge is 2.25. The van der Waals surface area contributed by atoms with Gasteiger partial charge < -0.3 is 4.90 Å². The van der Waals surface area contributed by atoms with Gasteiger partial charge in [0.1, 0.15) is 6.42 Å². The van der Waals surface area contributed by atoms with E-state index < -0.39 is 0 Å². The third-order valence-electron chi connectivity index (χ3n) is 2.09. The highest BCUT2D eigenvalue weighted by Crippen LogP contribution is 2.16. The number of amides is 1. The van der Waals surface area contributed by atoms with Gasteiger partial charge in [-0.1, -0.05) is 0 Å². The number of carbonyl (C=O) groups is 1. The van der Waals surface area contributed by atoms with E-state index in [4.69, 9.17) is 5.26 Å². The summed E-state index contributed by atoms with van der Waals surface area (Å²) >= 11 is 0. The zero-order valence-corrected chi connectivity index (χ0v) is 6.79. The average molecular weight is 170 g/mol. The van der Waals surface area contributed by atoms with Crippen molar-refractivity contribution < 1.29 is 9.18 Å². The van der Waals surface area contributed by atoms with Crippen molar-refractivity contribution in [2.24, 2.45) is 5.92 Å². The molecule has 0 saturated carbocycles. The molecule has 0 aromatic carbocycles. The molecule has 1 rings (SSSR count). The minimum atomic E-state index is -0.365. The van der Waals surface area contributed by atoms with Gasteiger partial charge in [0.15, 0.2) is 0 Å². The molecule has 0 radical (unpaired) electrons. The summed E-state index contributed by atoms with van der Waals surface area (Å²) in [6.45, 7) is 0.725. The molecule has 1 amide bonds. The lowest BCUT2D eigenvalue weighted by atomic mass is 10.1. The van der Waals surface area contributed by atoms with E-state index in [1.165, 1.54) is 0 Å². The first-order chi connectivity index (χ1) is 5.77. The van der Waals surface area contributed by atoms with Crippen molar-refractivity contribution in [2.45, 2.75) is 12.8 Å². The number of likely N-dealkylation sites (tertiary alicyclic amines) is 1. The number of carbonyl (C=O) groups excluding carboxylic acids is 1. The first kappa shape index (κ1) is 8.98. The molecule has 12 heavy (non-hydrogen) atoms. The highest BCUT2D eigenvalue weighted by molar-refractivity contribution is 5.78. The van der Waals surface area contributed by atoms with Gasteiger partial charge in [0.25, 0.3) is 0 Å². The van der Waals surface area contributed by atoms with Gasteiger partial charge in [-0.2, -0.15) is 5.26 Å². The van der Waals surface area contributed by atoms with Crippen molar-refractivity contribution in [3.8, 4) is 6.07 Å². The first-order valence-corrected chi connectivity index (χ1v) is 3.98. The van der Waals surface area contributed by atoms with Crippen molar-refractivity contribution in [2.75, 3.05) is 19.8 Å². The molecule has 3 nitrogen and oxygen atoms in total. The number of nitrogens with zero attached hydrogens (tertiary/aromatic N) is 2. The lowest BCUT2D eigenvalue weighted by Gasteiger charge is -2.13. The Hall–Kier alpha value is -1.11. The van der Waals surface area contributed by atoms with Gasteiger partial charge in [-0.05, 0) is 6.42 Å². The van der Waals surface area contributed by atoms with Gasteiger partial charge in [0, 0.05) is 19.0 Å². The van der Waals surface area contributed by atoms with E-state index in [-0.39, 0.29) is 24.9 Å². The minimum Gasteiger partial charge on any atom is -0.341 e. The Morgan fingerprint density at radius 2 is 2.50 bits per heavy atom. The standard InChI is InChI=1S/C8H11FN2O/c9-5-7-2-4-11(6-7)8(12)1-3-10/h7H,1-2,4-6H2/t7-/m0/s1. The van der Waals surface area contributed by atoms with E-state index in [2.05, 4.69) is 0 Å². The largest absolute Gasteiger partial charge is 0.341 e. The Balaban J connectivity index is 2.37. The number of hydrogen-bond acceptors (Lipinski definition) is 2. The predicted octanol–water partition coefficient (Wildman–Crippen LogP) is 0.718. The fraction of sp³-hybridized carbons (Fsp3) is 0.750. The van der Waals surface area contributed by atoms with E-state index in [0.717, 1.165) is 6.42 Å². The number of nitriles is 1. The zero-order chi connectivity index (χ0) is 8.97. The van der Waals surface area contributed by atoms with Crippen LogP contribution in [-0.4, -0.2) is 30.6 Å². The Morgan fingerprint density at radius 3 is 3.00 bits per heavy atom. The van der Waals surface area contributed by atoms with Gasteiger partial charge >= 0.3 is 0 Å². The highest BCUT2D eigenvalue weighted by atomic mass is 19.1. The minimum absolute atomic E-state index is 0.00681. The van der Waals surface area contributed by atoms with Gasteiger partial charge in [-0.15, -0.1) is 0 Å². The number of halogens is 1. The Bertz CT molecular complexity index is 212. The third kappa shape index (κ3) is 1.94. The molecule has 1 atom stereocenters. The quantitative estimate of drug-likeness (QED) is 0.612. The summed E-state index contributed by atoms with van der Waals surface area (Å²) in [4.78, 5) is 12.7. The van der Waals surface area contributed by atoms with Crippen molar-refractivity contribution >= 4 is 5.91 Å². The second kappa shape index (κ2) is 4.05. The van der Waals surface area contributed by atoms with Crippen LogP contribution in [-0.2, 0) is 4.79 Å². The molecule has 0 unspecified atom stereocenters. The number of alkyl halides is 1. The van der Waals surface area contributed by atoms with Crippen LogP contribution in [0.1, 0.15) is 12.8 Å². The van der Waals surface area contributed by atoms with E-state index in [0.29, 0.717) is 13.1 Å². The van der Waals surface area contributed by atoms with Crippen molar-refractivity contribution in [3.63, 3.8) is 0 Å². The zero-order valence-electron chi connectivity index (χ0n) is 6.79. The van der Waals surface area contributed by atoms with Crippen LogP contribution in [0, 0.1) is 17.2 Å². The van der Waals surface area contributed by atoms with Crippen molar-refractivity contribution in [3.05, 3.63) is 0 Å². The summed E-state index contributed by atoms with van der Waals surface area (Å²) < 4.78 is 12.1. The van der Waals surface area contributed by atoms with Crippen LogP contribution in [0.25, 0.3) is 0 Å². The van der Waals surface area contributed by atoms with Gasteiger partial charge in [-0.25, -0.2) is 0 Å². The molecule has 0 bridgehead atoms. The molecular weight excluding hydrogens is 159 g/mol. The first-order valence-electron chi connectivity index (χ1n) is 3.98. The average Bonchev–Trinajstić information content (AvgIpc) is 2.52. The van der Waals surface area contributed by atoms with Crippen LogP contribution in [0.5, 0.6) is 0 Å². The van der Waals surface area contributed by atoms with E-state index in [1.807, 2.05) is 0 Å². The molecule has 0 spiro atoms. The summed E-state index contributed by atoms with van der Waals surface area (Å²) in [6.07, 6.45) is 0.646. The number of rotatable bonds is 2. The molecule has 1 saturated heterocycles. The lowest BCUT2D eigenvalue weighted by Crippen LogP contribution is -2.28.